The van der Waals surface area contributed by atoms with E-state index < -0.39 is 5.91 Å². The number of anilines is 1. The molecule has 0 saturated carbocycles. The molecule has 1 aliphatic rings. The molecule has 7 heteroatoms. The molecule has 2 aromatic heterocycles. The number of rotatable bonds is 4. The molecular weight excluding hydrogens is 272 g/mol. The van der Waals surface area contributed by atoms with Crippen LogP contribution in [0, 0.1) is 5.92 Å². The minimum Gasteiger partial charge on any atom is -0.445 e. The fraction of sp³-hybridized carbons (Fsp3) is 0.500. The van der Waals surface area contributed by atoms with Crippen LogP contribution in [0.15, 0.2) is 16.8 Å². The zero-order chi connectivity index (χ0) is 14.8. The lowest BCUT2D eigenvalue weighted by molar-refractivity contribution is 0.0976. The number of carbonyl (C=O) groups excluding carboxylic acids is 1. The number of nitrogens with two attached hydrogens (primary N) is 1. The third-order valence-electron chi connectivity index (χ3n) is 3.99. The van der Waals surface area contributed by atoms with Gasteiger partial charge in [-0.3, -0.25) is 4.79 Å². The van der Waals surface area contributed by atoms with E-state index in [0.717, 1.165) is 32.4 Å². The van der Waals surface area contributed by atoms with Crippen molar-refractivity contribution in [2.24, 2.45) is 11.7 Å². The number of primary amides is 1. The summed E-state index contributed by atoms with van der Waals surface area (Å²) in [6.45, 7) is 1.94. The van der Waals surface area contributed by atoms with Crippen molar-refractivity contribution in [3.8, 4) is 0 Å². The Morgan fingerprint density at radius 3 is 2.86 bits per heavy atom. The minimum atomic E-state index is -0.611. The van der Waals surface area contributed by atoms with Crippen molar-refractivity contribution in [3.63, 3.8) is 0 Å². The molecule has 1 fully saturated rings. The van der Waals surface area contributed by atoms with Gasteiger partial charge >= 0.3 is 0 Å². The normalized spacial score (nSPS) is 16.5. The molecule has 0 aliphatic carbocycles. The molecule has 21 heavy (non-hydrogen) atoms. The first kappa shape index (κ1) is 13.8. The number of fused-ring (bicyclic) bond motifs is 1. The predicted molar refractivity (Wildman–Crippen MR) is 77.0 cm³/mol. The summed E-state index contributed by atoms with van der Waals surface area (Å²) < 4.78 is 5.51. The Morgan fingerprint density at radius 2 is 2.19 bits per heavy atom. The first-order valence-electron chi connectivity index (χ1n) is 7.09. The molecule has 0 aromatic carbocycles. The number of aromatic nitrogens is 2. The van der Waals surface area contributed by atoms with E-state index in [1.807, 2.05) is 0 Å². The standard InChI is InChI=1S/C14H18N4O3/c15-13(20)11-7-10-12(21-11)14(17-8-16-10)18-4-1-9(2-5-18)3-6-19/h7-9,19H,1-6H2,(H2,15,20). The monoisotopic (exact) mass is 290 g/mol. The summed E-state index contributed by atoms with van der Waals surface area (Å²) in [5, 5.41) is 9.00. The summed E-state index contributed by atoms with van der Waals surface area (Å²) in [4.78, 5) is 21.8. The van der Waals surface area contributed by atoms with Crippen molar-refractivity contribution >= 4 is 22.8 Å². The maximum absolute atomic E-state index is 11.2. The van der Waals surface area contributed by atoms with Crippen molar-refractivity contribution in [1.29, 1.82) is 0 Å². The van der Waals surface area contributed by atoms with Crippen LogP contribution in [-0.4, -0.2) is 40.7 Å². The van der Waals surface area contributed by atoms with Gasteiger partial charge in [0.2, 0.25) is 0 Å². The molecule has 1 aliphatic heterocycles. The Kier molecular flexibility index (Phi) is 3.74. The van der Waals surface area contributed by atoms with Gasteiger partial charge in [0.05, 0.1) is 0 Å². The molecule has 112 valence electrons. The van der Waals surface area contributed by atoms with Crippen LogP contribution in [0.1, 0.15) is 29.8 Å². The molecule has 2 aromatic rings. The van der Waals surface area contributed by atoms with Crippen LogP contribution in [0.4, 0.5) is 5.82 Å². The van der Waals surface area contributed by atoms with E-state index in [-0.39, 0.29) is 12.4 Å². The van der Waals surface area contributed by atoms with Crippen molar-refractivity contribution in [1.82, 2.24) is 9.97 Å². The Labute approximate surface area is 121 Å². The van der Waals surface area contributed by atoms with Gasteiger partial charge in [-0.2, -0.15) is 0 Å². The van der Waals surface area contributed by atoms with Crippen LogP contribution in [0.25, 0.3) is 11.1 Å². The van der Waals surface area contributed by atoms with Gasteiger partial charge in [0.1, 0.15) is 11.8 Å². The SMILES string of the molecule is NC(=O)c1cc2ncnc(N3CCC(CCO)CC3)c2o1. The number of hydrogen-bond acceptors (Lipinski definition) is 6. The average Bonchev–Trinajstić information content (AvgIpc) is 2.93. The lowest BCUT2D eigenvalue weighted by atomic mass is 9.94. The van der Waals surface area contributed by atoms with E-state index in [2.05, 4.69) is 14.9 Å². The number of carbonyl (C=O) groups is 1. The zero-order valence-electron chi connectivity index (χ0n) is 11.7. The van der Waals surface area contributed by atoms with Gasteiger partial charge in [0.15, 0.2) is 17.2 Å². The number of amides is 1. The first-order chi connectivity index (χ1) is 10.2. The van der Waals surface area contributed by atoms with Crippen molar-refractivity contribution in [3.05, 3.63) is 18.2 Å². The predicted octanol–water partition coefficient (Wildman–Crippen LogP) is 0.920. The fourth-order valence-corrected chi connectivity index (χ4v) is 2.80. The quantitative estimate of drug-likeness (QED) is 0.867. The third kappa shape index (κ3) is 2.69. The Balaban J connectivity index is 1.85. The first-order valence-corrected chi connectivity index (χ1v) is 7.09. The highest BCUT2D eigenvalue weighted by Crippen LogP contribution is 2.29. The minimum absolute atomic E-state index is 0.0990. The summed E-state index contributed by atoms with van der Waals surface area (Å²) in [5.74, 6) is 0.749. The molecule has 0 radical (unpaired) electrons. The smallest absolute Gasteiger partial charge is 0.284 e. The van der Waals surface area contributed by atoms with E-state index in [1.54, 1.807) is 6.07 Å². The largest absolute Gasteiger partial charge is 0.445 e. The molecule has 1 saturated heterocycles. The second kappa shape index (κ2) is 5.69. The van der Waals surface area contributed by atoms with Crippen molar-refractivity contribution in [2.75, 3.05) is 24.6 Å². The van der Waals surface area contributed by atoms with Crippen LogP contribution in [0.3, 0.4) is 0 Å². The lowest BCUT2D eigenvalue weighted by Crippen LogP contribution is -2.34. The van der Waals surface area contributed by atoms with Gasteiger partial charge in [-0.05, 0) is 25.2 Å². The molecule has 3 N–H and O–H groups in total. The van der Waals surface area contributed by atoms with Gasteiger partial charge in [-0.1, -0.05) is 0 Å². The average molecular weight is 290 g/mol. The second-order valence-electron chi connectivity index (χ2n) is 5.33. The summed E-state index contributed by atoms with van der Waals surface area (Å²) in [7, 11) is 0. The molecule has 3 heterocycles. The van der Waals surface area contributed by atoms with E-state index in [0.29, 0.717) is 22.8 Å². The van der Waals surface area contributed by atoms with E-state index in [4.69, 9.17) is 15.3 Å². The summed E-state index contributed by atoms with van der Waals surface area (Å²) >= 11 is 0. The maximum Gasteiger partial charge on any atom is 0.284 e. The van der Waals surface area contributed by atoms with Crippen molar-refractivity contribution in [2.45, 2.75) is 19.3 Å². The Morgan fingerprint density at radius 1 is 1.43 bits per heavy atom. The highest BCUT2D eigenvalue weighted by molar-refractivity contribution is 5.96. The van der Waals surface area contributed by atoms with Gasteiger partial charge in [0, 0.05) is 25.8 Å². The number of nitrogens with zero attached hydrogens (tertiary/aromatic N) is 3. The fourth-order valence-electron chi connectivity index (χ4n) is 2.80. The highest BCUT2D eigenvalue weighted by Gasteiger charge is 2.23. The molecule has 0 bridgehead atoms. The Hall–Kier alpha value is -2.15. The van der Waals surface area contributed by atoms with E-state index in [1.165, 1.54) is 6.33 Å². The van der Waals surface area contributed by atoms with Crippen LogP contribution < -0.4 is 10.6 Å². The van der Waals surface area contributed by atoms with Gasteiger partial charge < -0.3 is 20.2 Å². The molecule has 0 unspecified atom stereocenters. The number of furan rings is 1. The summed E-state index contributed by atoms with van der Waals surface area (Å²) in [6, 6.07) is 1.54. The van der Waals surface area contributed by atoms with E-state index in [9.17, 15) is 4.79 Å². The molecule has 0 atom stereocenters. The lowest BCUT2D eigenvalue weighted by Gasteiger charge is -2.32. The number of aliphatic hydroxyl groups excluding tert-OH is 1. The topological polar surface area (TPSA) is 105 Å². The molecule has 3 rings (SSSR count). The third-order valence-corrected chi connectivity index (χ3v) is 3.99. The molecule has 7 nitrogen and oxygen atoms in total. The zero-order valence-corrected chi connectivity index (χ0v) is 11.7. The highest BCUT2D eigenvalue weighted by atomic mass is 16.3. The van der Waals surface area contributed by atoms with Gasteiger partial charge in [-0.15, -0.1) is 0 Å². The van der Waals surface area contributed by atoms with Gasteiger partial charge in [0.25, 0.3) is 5.91 Å². The summed E-state index contributed by atoms with van der Waals surface area (Å²) in [5.41, 5.74) is 6.34. The van der Waals surface area contributed by atoms with Gasteiger partial charge in [-0.25, -0.2) is 9.97 Å². The van der Waals surface area contributed by atoms with Crippen LogP contribution >= 0.6 is 0 Å². The number of hydrogen-bond donors (Lipinski definition) is 2. The van der Waals surface area contributed by atoms with Crippen LogP contribution in [0.2, 0.25) is 0 Å². The second-order valence-corrected chi connectivity index (χ2v) is 5.33. The van der Waals surface area contributed by atoms with E-state index >= 15 is 0 Å². The Bertz CT molecular complexity index is 647. The van der Waals surface area contributed by atoms with Crippen molar-refractivity contribution < 1.29 is 14.3 Å². The molecule has 0 spiro atoms. The summed E-state index contributed by atoms with van der Waals surface area (Å²) in [6.07, 6.45) is 4.34. The number of aliphatic hydroxyl groups is 1. The number of piperidine rings is 1. The van der Waals surface area contributed by atoms with Crippen LogP contribution in [0.5, 0.6) is 0 Å². The molecular formula is C14H18N4O3. The molecule has 1 amide bonds. The maximum atomic E-state index is 11.2. The van der Waals surface area contributed by atoms with Crippen LogP contribution in [-0.2, 0) is 0 Å².